The third kappa shape index (κ3) is 41.1. The summed E-state index contributed by atoms with van der Waals surface area (Å²) in [6.45, 7) is 2.04. The Kier molecular flexibility index (Phi) is 34.4. The molecule has 0 bridgehead atoms. The number of phosphoric acid groups is 1. The number of hydrogen-bond donors (Lipinski definition) is 2. The number of aliphatic hydroxyl groups is 1. The summed E-state index contributed by atoms with van der Waals surface area (Å²) in [6, 6.07) is 0. The van der Waals surface area contributed by atoms with Crippen LogP contribution in [-0.2, 0) is 23.1 Å². The average Bonchev–Trinajstić information content (AvgIpc) is 3.08. The molecular formula is C42H79NO7P+. The first-order chi connectivity index (χ1) is 24.6. The number of phosphoric ester groups is 1. The van der Waals surface area contributed by atoms with Crippen LogP contribution in [0, 0.1) is 0 Å². The molecule has 0 spiro atoms. The normalized spacial score (nSPS) is 14.4. The summed E-state index contributed by atoms with van der Waals surface area (Å²) in [7, 11) is 1.56. The Hall–Kier alpha value is -1.54. The van der Waals surface area contributed by atoms with Gasteiger partial charge in [-0.05, 0) is 44.9 Å². The first-order valence-electron chi connectivity index (χ1n) is 20.4. The Morgan fingerprint density at radius 2 is 1.02 bits per heavy atom. The van der Waals surface area contributed by atoms with Crippen LogP contribution >= 0.6 is 7.82 Å². The first-order valence-corrected chi connectivity index (χ1v) is 21.9. The van der Waals surface area contributed by atoms with Crippen LogP contribution in [0.15, 0.2) is 48.6 Å². The Balaban J connectivity index is 3.39. The Morgan fingerprint density at radius 1 is 0.608 bits per heavy atom. The van der Waals surface area contributed by atoms with Crippen molar-refractivity contribution in [1.82, 2.24) is 0 Å². The van der Waals surface area contributed by atoms with Crippen molar-refractivity contribution in [1.29, 1.82) is 0 Å². The highest BCUT2D eigenvalue weighted by Gasteiger charge is 2.24. The molecule has 0 rings (SSSR count). The maximum Gasteiger partial charge on any atom is 0.472 e. The highest BCUT2D eigenvalue weighted by Crippen LogP contribution is 2.43. The summed E-state index contributed by atoms with van der Waals surface area (Å²) >= 11 is 0. The summed E-state index contributed by atoms with van der Waals surface area (Å²) in [5.41, 5.74) is 0. The second-order valence-electron chi connectivity index (χ2n) is 14.9. The maximum atomic E-state index is 11.9. The minimum Gasteiger partial charge on any atom is -0.463 e. The summed E-state index contributed by atoms with van der Waals surface area (Å²) in [6.07, 6.45) is 45.8. The van der Waals surface area contributed by atoms with Gasteiger partial charge in [-0.15, -0.1) is 0 Å². The van der Waals surface area contributed by atoms with E-state index >= 15 is 0 Å². The van der Waals surface area contributed by atoms with Crippen LogP contribution < -0.4 is 0 Å². The monoisotopic (exact) mass is 741 g/mol. The van der Waals surface area contributed by atoms with Gasteiger partial charge in [-0.3, -0.25) is 13.8 Å². The largest absolute Gasteiger partial charge is 0.472 e. The zero-order chi connectivity index (χ0) is 37.7. The average molecular weight is 741 g/mol. The molecule has 9 heteroatoms. The molecule has 2 unspecified atom stereocenters. The Bertz CT molecular complexity index is 957. The van der Waals surface area contributed by atoms with Gasteiger partial charge in [0.1, 0.15) is 25.9 Å². The smallest absolute Gasteiger partial charge is 0.463 e. The SMILES string of the molecule is CC/C=C\C/C=C\C/C=C\C/C=C\CCCCCCCCCCCCCCCCCCCCC(=O)OCC(O)COP(=O)(O)OCC[N+](C)(C)C. The topological polar surface area (TPSA) is 102 Å². The van der Waals surface area contributed by atoms with E-state index in [9.17, 15) is 19.4 Å². The van der Waals surface area contributed by atoms with Gasteiger partial charge in [0.15, 0.2) is 0 Å². The van der Waals surface area contributed by atoms with Crippen molar-refractivity contribution < 1.29 is 37.6 Å². The fourth-order valence-corrected chi connectivity index (χ4v) is 6.16. The minimum atomic E-state index is -4.25. The predicted octanol–water partition coefficient (Wildman–Crippen LogP) is 11.3. The molecule has 0 heterocycles. The van der Waals surface area contributed by atoms with Crippen molar-refractivity contribution in [3.8, 4) is 0 Å². The third-order valence-electron chi connectivity index (χ3n) is 8.60. The van der Waals surface area contributed by atoms with E-state index in [1.807, 2.05) is 21.1 Å². The van der Waals surface area contributed by atoms with Crippen LogP contribution in [0.4, 0.5) is 0 Å². The van der Waals surface area contributed by atoms with Crippen LogP contribution in [0.25, 0.3) is 0 Å². The number of unbranched alkanes of at least 4 members (excludes halogenated alkanes) is 18. The van der Waals surface area contributed by atoms with Gasteiger partial charge in [-0.25, -0.2) is 4.57 Å². The molecule has 2 N–H and O–H groups in total. The number of ether oxygens (including phenoxy) is 1. The Labute approximate surface area is 314 Å². The van der Waals surface area contributed by atoms with Crippen molar-refractivity contribution in [3.05, 3.63) is 48.6 Å². The third-order valence-corrected chi connectivity index (χ3v) is 9.59. The summed E-state index contributed by atoms with van der Waals surface area (Å²) < 4.78 is 27.2. The number of allylic oxidation sites excluding steroid dienone is 8. The van der Waals surface area contributed by atoms with E-state index in [-0.39, 0.29) is 19.2 Å². The van der Waals surface area contributed by atoms with Gasteiger partial charge in [-0.2, -0.15) is 0 Å². The lowest BCUT2D eigenvalue weighted by Gasteiger charge is -2.24. The number of hydrogen-bond acceptors (Lipinski definition) is 6. The fourth-order valence-electron chi connectivity index (χ4n) is 5.41. The lowest BCUT2D eigenvalue weighted by molar-refractivity contribution is -0.870. The second-order valence-corrected chi connectivity index (χ2v) is 16.3. The molecule has 0 aliphatic rings. The van der Waals surface area contributed by atoms with Gasteiger partial charge < -0.3 is 19.2 Å². The molecule has 0 aromatic carbocycles. The number of quaternary nitrogens is 1. The van der Waals surface area contributed by atoms with E-state index in [0.29, 0.717) is 17.4 Å². The molecule has 0 aliphatic carbocycles. The van der Waals surface area contributed by atoms with Gasteiger partial charge in [0, 0.05) is 6.42 Å². The zero-order valence-corrected chi connectivity index (χ0v) is 34.2. The summed E-state index contributed by atoms with van der Waals surface area (Å²) in [5, 5.41) is 9.91. The number of rotatable bonds is 37. The fraction of sp³-hybridized carbons (Fsp3) is 0.786. The van der Waals surface area contributed by atoms with Crippen LogP contribution in [0.5, 0.6) is 0 Å². The molecular weight excluding hydrogens is 661 g/mol. The van der Waals surface area contributed by atoms with Gasteiger partial charge in [0.2, 0.25) is 0 Å². The number of esters is 1. The number of likely N-dealkylation sites (N-methyl/N-ethyl adjacent to an activating group) is 1. The van der Waals surface area contributed by atoms with Crippen molar-refractivity contribution >= 4 is 13.8 Å². The van der Waals surface area contributed by atoms with E-state index in [1.54, 1.807) is 0 Å². The van der Waals surface area contributed by atoms with Crippen molar-refractivity contribution in [2.75, 3.05) is 47.5 Å². The summed E-state index contributed by atoms with van der Waals surface area (Å²) in [5.74, 6) is -0.371. The lowest BCUT2D eigenvalue weighted by atomic mass is 10.0. The molecule has 0 radical (unpaired) electrons. The lowest BCUT2D eigenvalue weighted by Crippen LogP contribution is -2.37. The Morgan fingerprint density at radius 3 is 1.47 bits per heavy atom. The maximum absolute atomic E-state index is 11.9. The van der Waals surface area contributed by atoms with Gasteiger partial charge >= 0.3 is 13.8 Å². The van der Waals surface area contributed by atoms with Crippen molar-refractivity contribution in [3.63, 3.8) is 0 Å². The van der Waals surface area contributed by atoms with Crippen LogP contribution in [0.2, 0.25) is 0 Å². The molecule has 298 valence electrons. The molecule has 0 aromatic heterocycles. The molecule has 0 aromatic rings. The number of carbonyl (C=O) groups excluding carboxylic acids is 1. The minimum absolute atomic E-state index is 0.0543. The molecule has 8 nitrogen and oxygen atoms in total. The molecule has 0 saturated carbocycles. The van der Waals surface area contributed by atoms with E-state index in [4.69, 9.17) is 13.8 Å². The quantitative estimate of drug-likeness (QED) is 0.0215. The van der Waals surface area contributed by atoms with E-state index in [1.165, 1.54) is 103 Å². The molecule has 2 atom stereocenters. The van der Waals surface area contributed by atoms with Crippen LogP contribution in [0.1, 0.15) is 161 Å². The van der Waals surface area contributed by atoms with E-state index in [2.05, 4.69) is 55.5 Å². The van der Waals surface area contributed by atoms with Gasteiger partial charge in [0.25, 0.3) is 0 Å². The van der Waals surface area contributed by atoms with E-state index < -0.39 is 20.5 Å². The van der Waals surface area contributed by atoms with Gasteiger partial charge in [0.05, 0.1) is 27.7 Å². The summed E-state index contributed by atoms with van der Waals surface area (Å²) in [4.78, 5) is 21.6. The number of nitrogens with zero attached hydrogens (tertiary/aromatic N) is 1. The predicted molar refractivity (Wildman–Crippen MR) is 215 cm³/mol. The molecule has 0 amide bonds. The number of carbonyl (C=O) groups is 1. The highest BCUT2D eigenvalue weighted by atomic mass is 31.2. The van der Waals surface area contributed by atoms with Crippen LogP contribution in [0.3, 0.4) is 0 Å². The molecule has 0 aliphatic heterocycles. The molecule has 0 fully saturated rings. The molecule has 0 saturated heterocycles. The van der Waals surface area contributed by atoms with Gasteiger partial charge in [-0.1, -0.05) is 158 Å². The van der Waals surface area contributed by atoms with Crippen LogP contribution in [-0.4, -0.2) is 74.1 Å². The van der Waals surface area contributed by atoms with Crippen molar-refractivity contribution in [2.45, 2.75) is 167 Å². The van der Waals surface area contributed by atoms with Crippen molar-refractivity contribution in [2.24, 2.45) is 0 Å². The van der Waals surface area contributed by atoms with E-state index in [0.717, 1.165) is 44.9 Å². The standard InChI is InChI=1S/C42H78NO7P/c1-5-6-7-8-9-10-11-12-13-14-15-16-17-18-19-20-21-22-23-24-25-26-27-28-29-30-31-32-33-34-35-36-42(45)48-39-41(44)40-50-51(46,47)49-38-37-43(2,3)4/h6-7,9-10,12-13,15-16,41,44H,5,8,11,14,17-40H2,1-4H3/p+1/b7-6-,10-9-,13-12-,16-15-. The number of aliphatic hydroxyl groups excluding tert-OH is 1. The second kappa shape index (κ2) is 35.5. The molecule has 51 heavy (non-hydrogen) atoms. The zero-order valence-electron chi connectivity index (χ0n) is 33.3. The first kappa shape index (κ1) is 49.5. The highest BCUT2D eigenvalue weighted by molar-refractivity contribution is 7.47.